The molecule has 0 bridgehead atoms. The van der Waals surface area contributed by atoms with Crippen molar-refractivity contribution in [1.82, 2.24) is 15.0 Å². The molecule has 0 amide bonds. The van der Waals surface area contributed by atoms with Crippen LogP contribution in [0, 0.1) is 6.92 Å². The van der Waals surface area contributed by atoms with Crippen LogP contribution in [0.15, 0.2) is 30.7 Å². The van der Waals surface area contributed by atoms with E-state index in [9.17, 15) is 0 Å². The van der Waals surface area contributed by atoms with Gasteiger partial charge in [0.25, 0.3) is 0 Å². The van der Waals surface area contributed by atoms with Gasteiger partial charge in [0.05, 0.1) is 24.3 Å². The predicted molar refractivity (Wildman–Crippen MR) is 59.0 cm³/mol. The quantitative estimate of drug-likeness (QED) is 0.840. The molecule has 2 heterocycles. The third kappa shape index (κ3) is 2.52. The number of aromatic nitrogens is 3. The maximum atomic E-state index is 5.46. The number of hydrogen-bond donors (Lipinski definition) is 1. The Morgan fingerprint density at radius 3 is 2.56 bits per heavy atom. The molecule has 2 aromatic rings. The summed E-state index contributed by atoms with van der Waals surface area (Å²) in [5.74, 6) is 1.07. The summed E-state index contributed by atoms with van der Waals surface area (Å²) in [7, 11) is 0. The molecule has 5 nitrogen and oxygen atoms in total. The predicted octanol–water partition coefficient (Wildman–Crippen LogP) is 1.43. The van der Waals surface area contributed by atoms with E-state index < -0.39 is 0 Å². The first-order valence-electron chi connectivity index (χ1n) is 4.89. The summed E-state index contributed by atoms with van der Waals surface area (Å²) in [6.45, 7) is 2.29. The highest BCUT2D eigenvalue weighted by Crippen LogP contribution is 2.16. The minimum atomic E-state index is 0.374. The molecule has 0 saturated heterocycles. The van der Waals surface area contributed by atoms with Crippen LogP contribution in [0.5, 0.6) is 11.6 Å². The zero-order valence-electron chi connectivity index (χ0n) is 8.92. The summed E-state index contributed by atoms with van der Waals surface area (Å²) in [6.07, 6.45) is 4.78. The van der Waals surface area contributed by atoms with Crippen molar-refractivity contribution in [1.29, 1.82) is 0 Å². The van der Waals surface area contributed by atoms with E-state index in [1.54, 1.807) is 18.6 Å². The molecule has 0 aliphatic carbocycles. The smallest absolute Gasteiger partial charge is 0.237 e. The van der Waals surface area contributed by atoms with Crippen LogP contribution in [0.25, 0.3) is 0 Å². The maximum absolute atomic E-state index is 5.46. The van der Waals surface area contributed by atoms with Gasteiger partial charge in [-0.15, -0.1) is 0 Å². The molecule has 5 heteroatoms. The van der Waals surface area contributed by atoms with Gasteiger partial charge in [0.15, 0.2) is 0 Å². The third-order valence-corrected chi connectivity index (χ3v) is 2.00. The van der Waals surface area contributed by atoms with Crippen molar-refractivity contribution in [2.75, 3.05) is 0 Å². The zero-order chi connectivity index (χ0) is 11.4. The van der Waals surface area contributed by atoms with Crippen LogP contribution < -0.4 is 10.5 Å². The second-order valence-electron chi connectivity index (χ2n) is 3.29. The Morgan fingerprint density at radius 2 is 2.00 bits per heavy atom. The average molecular weight is 216 g/mol. The highest BCUT2D eigenvalue weighted by atomic mass is 16.5. The molecule has 0 atom stereocenters. The number of aryl methyl sites for hydroxylation is 1. The van der Waals surface area contributed by atoms with Gasteiger partial charge in [-0.05, 0) is 19.1 Å². The van der Waals surface area contributed by atoms with Crippen molar-refractivity contribution in [2.24, 2.45) is 5.73 Å². The molecule has 0 fully saturated rings. The van der Waals surface area contributed by atoms with Crippen LogP contribution in [0.3, 0.4) is 0 Å². The molecule has 0 spiro atoms. The molecule has 0 aromatic carbocycles. The van der Waals surface area contributed by atoms with Crippen molar-refractivity contribution < 1.29 is 4.74 Å². The molecule has 16 heavy (non-hydrogen) atoms. The molecule has 0 unspecified atom stereocenters. The number of nitrogens with two attached hydrogens (primary N) is 1. The Hall–Kier alpha value is -2.01. The van der Waals surface area contributed by atoms with E-state index in [1.165, 1.54) is 0 Å². The van der Waals surface area contributed by atoms with Gasteiger partial charge in [-0.1, -0.05) is 0 Å². The number of ether oxygens (including phenoxy) is 1. The highest BCUT2D eigenvalue weighted by Gasteiger charge is 1.99. The van der Waals surface area contributed by atoms with Gasteiger partial charge in [0.2, 0.25) is 5.88 Å². The van der Waals surface area contributed by atoms with E-state index in [-0.39, 0.29) is 0 Å². The Balaban J connectivity index is 2.11. The van der Waals surface area contributed by atoms with Crippen molar-refractivity contribution in [3.05, 3.63) is 42.1 Å². The lowest BCUT2D eigenvalue weighted by Crippen LogP contribution is -2.00. The first-order valence-corrected chi connectivity index (χ1v) is 4.89. The lowest BCUT2D eigenvalue weighted by Gasteiger charge is -2.04. The van der Waals surface area contributed by atoms with Crippen LogP contribution in [0.4, 0.5) is 0 Å². The van der Waals surface area contributed by atoms with Gasteiger partial charge < -0.3 is 10.5 Å². The summed E-state index contributed by atoms with van der Waals surface area (Å²) in [5, 5.41) is 0. The van der Waals surface area contributed by atoms with E-state index in [0.717, 1.165) is 11.4 Å². The SMILES string of the molecule is Cc1ccc(Oc2cnc(CN)cn2)cn1. The first kappa shape index (κ1) is 10.5. The van der Waals surface area contributed by atoms with Crippen molar-refractivity contribution in [3.8, 4) is 11.6 Å². The molecular weight excluding hydrogens is 204 g/mol. The second-order valence-corrected chi connectivity index (χ2v) is 3.29. The molecule has 0 aliphatic rings. The fraction of sp³-hybridized carbons (Fsp3) is 0.182. The molecule has 0 radical (unpaired) electrons. The number of rotatable bonds is 3. The lowest BCUT2D eigenvalue weighted by molar-refractivity contribution is 0.457. The number of hydrogen-bond acceptors (Lipinski definition) is 5. The normalized spacial score (nSPS) is 10.1. The number of nitrogens with zero attached hydrogens (tertiary/aromatic N) is 3. The van der Waals surface area contributed by atoms with Crippen LogP contribution in [-0.2, 0) is 6.54 Å². The van der Waals surface area contributed by atoms with E-state index in [0.29, 0.717) is 18.2 Å². The lowest BCUT2D eigenvalue weighted by atomic mass is 10.4. The average Bonchev–Trinajstić information content (AvgIpc) is 2.33. The summed E-state index contributed by atoms with van der Waals surface area (Å²) < 4.78 is 5.46. The van der Waals surface area contributed by atoms with Crippen LogP contribution >= 0.6 is 0 Å². The summed E-state index contributed by atoms with van der Waals surface area (Å²) in [5.41, 5.74) is 7.09. The zero-order valence-corrected chi connectivity index (χ0v) is 8.92. The Kier molecular flexibility index (Phi) is 3.07. The van der Waals surface area contributed by atoms with Crippen LogP contribution in [0.2, 0.25) is 0 Å². The molecule has 82 valence electrons. The monoisotopic (exact) mass is 216 g/mol. The van der Waals surface area contributed by atoms with Gasteiger partial charge in [-0.25, -0.2) is 4.98 Å². The molecule has 0 saturated carbocycles. The van der Waals surface area contributed by atoms with E-state index in [4.69, 9.17) is 10.5 Å². The highest BCUT2D eigenvalue weighted by molar-refractivity contribution is 5.23. The van der Waals surface area contributed by atoms with Crippen LogP contribution in [-0.4, -0.2) is 15.0 Å². The fourth-order valence-electron chi connectivity index (χ4n) is 1.14. The van der Waals surface area contributed by atoms with E-state index in [1.807, 2.05) is 19.1 Å². The Bertz CT molecular complexity index is 452. The van der Waals surface area contributed by atoms with Crippen molar-refractivity contribution in [3.63, 3.8) is 0 Å². The van der Waals surface area contributed by atoms with Gasteiger partial charge >= 0.3 is 0 Å². The van der Waals surface area contributed by atoms with Gasteiger partial charge in [-0.3, -0.25) is 9.97 Å². The Morgan fingerprint density at radius 1 is 1.12 bits per heavy atom. The molecule has 2 N–H and O–H groups in total. The summed E-state index contributed by atoms with van der Waals surface area (Å²) in [6, 6.07) is 3.71. The van der Waals surface area contributed by atoms with Crippen molar-refractivity contribution >= 4 is 0 Å². The summed E-state index contributed by atoms with van der Waals surface area (Å²) in [4.78, 5) is 12.3. The first-order chi connectivity index (χ1) is 7.78. The Labute approximate surface area is 93.3 Å². The van der Waals surface area contributed by atoms with Crippen molar-refractivity contribution in [2.45, 2.75) is 13.5 Å². The fourth-order valence-corrected chi connectivity index (χ4v) is 1.14. The molecular formula is C11H12N4O. The van der Waals surface area contributed by atoms with E-state index in [2.05, 4.69) is 15.0 Å². The molecule has 2 rings (SSSR count). The minimum absolute atomic E-state index is 0.374. The molecule has 0 aliphatic heterocycles. The topological polar surface area (TPSA) is 73.9 Å². The van der Waals surface area contributed by atoms with Gasteiger partial charge in [-0.2, -0.15) is 0 Å². The van der Waals surface area contributed by atoms with Gasteiger partial charge in [0.1, 0.15) is 5.75 Å². The molecule has 2 aromatic heterocycles. The third-order valence-electron chi connectivity index (χ3n) is 2.00. The largest absolute Gasteiger partial charge is 0.436 e. The maximum Gasteiger partial charge on any atom is 0.237 e. The van der Waals surface area contributed by atoms with Crippen LogP contribution in [0.1, 0.15) is 11.4 Å². The van der Waals surface area contributed by atoms with E-state index >= 15 is 0 Å². The minimum Gasteiger partial charge on any atom is -0.436 e. The van der Waals surface area contributed by atoms with Gasteiger partial charge in [0, 0.05) is 12.2 Å². The standard InChI is InChI=1S/C11H12N4O/c1-8-2-3-10(6-13-8)16-11-7-14-9(4-12)5-15-11/h2-3,5-7H,4,12H2,1H3. The summed E-state index contributed by atoms with van der Waals surface area (Å²) >= 11 is 0. The number of pyridine rings is 1. The second kappa shape index (κ2) is 4.67.